The molecule has 0 spiro atoms. The van der Waals surface area contributed by atoms with Crippen LogP contribution in [0.1, 0.15) is 42.0 Å². The fraction of sp³-hybridized carbons (Fsp3) is 0.438. The van der Waals surface area contributed by atoms with Crippen molar-refractivity contribution in [2.24, 2.45) is 5.73 Å². The second-order valence-corrected chi connectivity index (χ2v) is 6.85. The summed E-state index contributed by atoms with van der Waals surface area (Å²) in [6.45, 7) is 2.04. The van der Waals surface area contributed by atoms with Crippen LogP contribution in [-0.4, -0.2) is 4.98 Å². The molecule has 1 aromatic heterocycles. The summed E-state index contributed by atoms with van der Waals surface area (Å²) in [6.07, 6.45) is 5.61. The summed E-state index contributed by atoms with van der Waals surface area (Å²) in [6, 6.07) is 6.62. The van der Waals surface area contributed by atoms with Crippen molar-refractivity contribution in [3.63, 3.8) is 0 Å². The van der Waals surface area contributed by atoms with Crippen LogP contribution in [0.2, 0.25) is 0 Å². The molecule has 0 bridgehead atoms. The number of nitrogens with two attached hydrogens (primary N) is 1. The van der Waals surface area contributed by atoms with Crippen molar-refractivity contribution < 1.29 is 4.39 Å². The summed E-state index contributed by atoms with van der Waals surface area (Å²) in [7, 11) is 0. The average molecular weight is 290 g/mol. The summed E-state index contributed by atoms with van der Waals surface area (Å²) >= 11 is 1.66. The number of rotatable bonds is 2. The molecular formula is C16H19FN2S. The van der Waals surface area contributed by atoms with Crippen molar-refractivity contribution in [3.05, 3.63) is 40.0 Å². The van der Waals surface area contributed by atoms with E-state index in [1.807, 2.05) is 13.0 Å². The van der Waals surface area contributed by atoms with E-state index in [1.54, 1.807) is 17.4 Å². The zero-order valence-electron chi connectivity index (χ0n) is 11.7. The van der Waals surface area contributed by atoms with Crippen molar-refractivity contribution in [1.29, 1.82) is 0 Å². The maximum absolute atomic E-state index is 13.4. The number of halogens is 1. The molecule has 1 saturated carbocycles. The Kier molecular flexibility index (Phi) is 3.61. The largest absolute Gasteiger partial charge is 0.319 e. The number of benzene rings is 1. The van der Waals surface area contributed by atoms with Crippen LogP contribution in [0.3, 0.4) is 0 Å². The zero-order chi connectivity index (χ0) is 14.2. The minimum Gasteiger partial charge on any atom is -0.319 e. The predicted molar refractivity (Wildman–Crippen MR) is 81.2 cm³/mol. The molecule has 0 aliphatic heterocycles. The standard InChI is InChI=1S/C16H19FN2S/c1-11-14(12-6-5-7-13(17)10-12)19-15(20-11)16(18)8-3-2-4-9-16/h5-7,10H,2-4,8-9,18H2,1H3. The molecule has 106 valence electrons. The van der Waals surface area contributed by atoms with Crippen molar-refractivity contribution in [1.82, 2.24) is 4.98 Å². The maximum Gasteiger partial charge on any atom is 0.123 e. The molecular weight excluding hydrogens is 271 g/mol. The summed E-state index contributed by atoms with van der Waals surface area (Å²) in [5.74, 6) is -0.225. The number of aryl methyl sites for hydroxylation is 1. The highest BCUT2D eigenvalue weighted by Crippen LogP contribution is 2.39. The van der Waals surface area contributed by atoms with E-state index in [0.717, 1.165) is 34.0 Å². The van der Waals surface area contributed by atoms with E-state index in [-0.39, 0.29) is 11.4 Å². The molecule has 0 saturated heterocycles. The van der Waals surface area contributed by atoms with E-state index in [0.29, 0.717) is 0 Å². The highest BCUT2D eigenvalue weighted by molar-refractivity contribution is 7.12. The third-order valence-corrected chi connectivity index (χ3v) is 5.26. The first-order valence-corrected chi connectivity index (χ1v) is 7.93. The van der Waals surface area contributed by atoms with Gasteiger partial charge in [0.2, 0.25) is 0 Å². The van der Waals surface area contributed by atoms with Gasteiger partial charge >= 0.3 is 0 Å². The molecule has 0 amide bonds. The van der Waals surface area contributed by atoms with Gasteiger partial charge in [0.15, 0.2) is 0 Å². The Morgan fingerprint density at radius 1 is 1.25 bits per heavy atom. The fourth-order valence-corrected chi connectivity index (χ4v) is 4.00. The van der Waals surface area contributed by atoms with E-state index in [2.05, 4.69) is 0 Å². The highest BCUT2D eigenvalue weighted by Gasteiger charge is 2.33. The zero-order valence-corrected chi connectivity index (χ0v) is 12.5. The number of hydrogen-bond donors (Lipinski definition) is 1. The van der Waals surface area contributed by atoms with Crippen LogP contribution in [0.25, 0.3) is 11.3 Å². The van der Waals surface area contributed by atoms with Crippen molar-refractivity contribution >= 4 is 11.3 Å². The normalized spacial score (nSPS) is 18.1. The smallest absolute Gasteiger partial charge is 0.123 e. The summed E-state index contributed by atoms with van der Waals surface area (Å²) in [4.78, 5) is 5.86. The van der Waals surface area contributed by atoms with Crippen molar-refractivity contribution in [2.75, 3.05) is 0 Å². The average Bonchev–Trinajstić information content (AvgIpc) is 2.82. The molecule has 2 aromatic rings. The van der Waals surface area contributed by atoms with E-state index >= 15 is 0 Å². The molecule has 0 unspecified atom stereocenters. The van der Waals surface area contributed by atoms with Crippen molar-refractivity contribution in [2.45, 2.75) is 44.6 Å². The molecule has 4 heteroatoms. The van der Waals surface area contributed by atoms with Crippen LogP contribution in [0.15, 0.2) is 24.3 Å². The van der Waals surface area contributed by atoms with Gasteiger partial charge in [-0.1, -0.05) is 31.4 Å². The minimum absolute atomic E-state index is 0.225. The fourth-order valence-electron chi connectivity index (χ4n) is 2.91. The molecule has 1 aliphatic carbocycles. The number of aromatic nitrogens is 1. The van der Waals surface area contributed by atoms with E-state index in [9.17, 15) is 4.39 Å². The van der Waals surface area contributed by atoms with Gasteiger partial charge in [-0.05, 0) is 31.9 Å². The highest BCUT2D eigenvalue weighted by atomic mass is 32.1. The third-order valence-electron chi connectivity index (χ3n) is 4.07. The van der Waals surface area contributed by atoms with Gasteiger partial charge in [-0.15, -0.1) is 11.3 Å². The van der Waals surface area contributed by atoms with Gasteiger partial charge in [0.1, 0.15) is 10.8 Å². The molecule has 20 heavy (non-hydrogen) atoms. The van der Waals surface area contributed by atoms with Crippen LogP contribution in [-0.2, 0) is 5.54 Å². The first-order chi connectivity index (χ1) is 9.58. The molecule has 2 nitrogen and oxygen atoms in total. The molecule has 1 aromatic carbocycles. The maximum atomic E-state index is 13.4. The van der Waals surface area contributed by atoms with Gasteiger partial charge in [0, 0.05) is 10.4 Å². The third kappa shape index (κ3) is 2.50. The van der Waals surface area contributed by atoms with Crippen LogP contribution in [0.4, 0.5) is 4.39 Å². The molecule has 0 atom stereocenters. The number of hydrogen-bond acceptors (Lipinski definition) is 3. The Balaban J connectivity index is 1.99. The molecule has 1 fully saturated rings. The molecule has 1 heterocycles. The quantitative estimate of drug-likeness (QED) is 0.891. The lowest BCUT2D eigenvalue weighted by Crippen LogP contribution is -2.38. The summed E-state index contributed by atoms with van der Waals surface area (Å²) < 4.78 is 13.4. The second kappa shape index (κ2) is 5.26. The Labute approximate surface area is 122 Å². The molecule has 2 N–H and O–H groups in total. The first kappa shape index (κ1) is 13.7. The Morgan fingerprint density at radius 3 is 2.70 bits per heavy atom. The lowest BCUT2D eigenvalue weighted by atomic mass is 9.83. The van der Waals surface area contributed by atoms with Gasteiger partial charge < -0.3 is 5.73 Å². The molecule has 3 rings (SSSR count). The van der Waals surface area contributed by atoms with Crippen molar-refractivity contribution in [3.8, 4) is 11.3 Å². The van der Waals surface area contributed by atoms with Crippen LogP contribution >= 0.6 is 11.3 Å². The lowest BCUT2D eigenvalue weighted by molar-refractivity contribution is 0.301. The monoisotopic (exact) mass is 290 g/mol. The van der Waals surface area contributed by atoms with E-state index in [1.165, 1.54) is 31.4 Å². The minimum atomic E-state index is -0.279. The second-order valence-electron chi connectivity index (χ2n) is 5.65. The summed E-state index contributed by atoms with van der Waals surface area (Å²) in [5, 5.41) is 1.01. The van der Waals surface area contributed by atoms with Gasteiger partial charge in [0.25, 0.3) is 0 Å². The lowest BCUT2D eigenvalue weighted by Gasteiger charge is -2.31. The van der Waals surface area contributed by atoms with Gasteiger partial charge in [-0.3, -0.25) is 0 Å². The number of nitrogens with zero attached hydrogens (tertiary/aromatic N) is 1. The van der Waals surface area contributed by atoms with E-state index < -0.39 is 0 Å². The van der Waals surface area contributed by atoms with Gasteiger partial charge in [-0.25, -0.2) is 9.37 Å². The van der Waals surface area contributed by atoms with Gasteiger partial charge in [0.05, 0.1) is 11.2 Å². The topological polar surface area (TPSA) is 38.9 Å². The van der Waals surface area contributed by atoms with E-state index in [4.69, 9.17) is 10.7 Å². The van der Waals surface area contributed by atoms with Gasteiger partial charge in [-0.2, -0.15) is 0 Å². The van der Waals surface area contributed by atoms with Crippen LogP contribution in [0.5, 0.6) is 0 Å². The SMILES string of the molecule is Cc1sc(C2(N)CCCCC2)nc1-c1cccc(F)c1. The Bertz CT molecular complexity index is 615. The first-order valence-electron chi connectivity index (χ1n) is 7.11. The molecule has 0 radical (unpaired) electrons. The number of thiazole rings is 1. The Hall–Kier alpha value is -1.26. The molecule has 1 aliphatic rings. The summed E-state index contributed by atoms with van der Waals surface area (Å²) in [5.41, 5.74) is 7.98. The van der Waals surface area contributed by atoms with Crippen LogP contribution in [0, 0.1) is 12.7 Å². The Morgan fingerprint density at radius 2 is 2.00 bits per heavy atom. The predicted octanol–water partition coefficient (Wildman–Crippen LogP) is 4.38. The van der Waals surface area contributed by atoms with Crippen LogP contribution < -0.4 is 5.73 Å².